The van der Waals surface area contributed by atoms with E-state index in [0.717, 1.165) is 161 Å². The maximum absolute atomic E-state index is 13.1. The molecule has 0 aromatic heterocycles. The first-order valence-electron chi connectivity index (χ1n) is 45.1. The molecule has 0 spiro atoms. The molecule has 5 atom stereocenters. The molecule has 0 radical (unpaired) electrons. The number of carbonyl (C=O) groups excluding carboxylic acids is 3. The van der Waals surface area contributed by atoms with Crippen LogP contribution in [0.5, 0.6) is 0 Å². The topological polar surface area (TPSA) is 231 Å². The molecule has 0 aliphatic rings. The van der Waals surface area contributed by atoms with Crippen molar-refractivity contribution in [3.8, 4) is 0 Å². The first kappa shape index (κ1) is 108. The van der Waals surface area contributed by atoms with Gasteiger partial charge in [-0.1, -0.05) is 353 Å². The molecule has 16 nitrogen and oxygen atoms in total. The standard InChI is InChI=1S/C95H164O16P2/c1-4-7-10-13-16-19-22-25-28-31-34-37-40-42-43-44-45-47-50-51-54-57-60-63-66-69-72-75-78-81-93(98)105-84-90(96)85-107-112(101,102)108-86-91(97)87-109-113(103,104)110-89-92(111-95(100)83-80-77-74-71-68-65-62-59-56-53-48-39-36-33-30-27-24-21-18-15-12-9-6-3)88-106-94(99)82-79-76-73-70-67-64-61-58-55-52-49-46-41-38-35-32-29-26-23-20-17-14-11-8-5-2/h16-21,25-30,34-39,42-43,46,49,53,56,90-92,96-97H,4-15,22-24,31-33,40-41,44-45,47-48,50-52,54-55,57-89H2,1-3H3,(H,101,102)(H,103,104)/b19-16-,20-17-,21-18-,28-25-,29-26-,30-27-,37-34-,38-35-,39-36-,43-42-,49-46-,56-53-. The normalized spacial score (nSPS) is 14.5. The molecular weight excluding hydrogens is 1460 g/mol. The van der Waals surface area contributed by atoms with E-state index in [9.17, 15) is 43.5 Å². The van der Waals surface area contributed by atoms with E-state index >= 15 is 0 Å². The summed E-state index contributed by atoms with van der Waals surface area (Å²) in [7, 11) is -9.81. The van der Waals surface area contributed by atoms with Crippen molar-refractivity contribution >= 4 is 33.6 Å². The lowest BCUT2D eigenvalue weighted by molar-refractivity contribution is -0.161. The highest BCUT2D eigenvalue weighted by Crippen LogP contribution is 2.45. The van der Waals surface area contributed by atoms with Crippen molar-refractivity contribution in [1.82, 2.24) is 0 Å². The first-order valence-corrected chi connectivity index (χ1v) is 48.1. The Balaban J connectivity index is 4.65. The maximum Gasteiger partial charge on any atom is 0.472 e. The highest BCUT2D eigenvalue weighted by atomic mass is 31.2. The molecule has 0 bridgehead atoms. The van der Waals surface area contributed by atoms with E-state index in [4.69, 9.17) is 32.3 Å². The molecule has 0 heterocycles. The van der Waals surface area contributed by atoms with Gasteiger partial charge in [0.05, 0.1) is 26.4 Å². The van der Waals surface area contributed by atoms with Gasteiger partial charge in [-0.25, -0.2) is 9.13 Å². The third kappa shape index (κ3) is 88.1. The van der Waals surface area contributed by atoms with Gasteiger partial charge in [0.1, 0.15) is 25.4 Å². The lowest BCUT2D eigenvalue weighted by Gasteiger charge is -2.21. The number of aliphatic hydroxyl groups is 2. The molecule has 0 aliphatic carbocycles. The van der Waals surface area contributed by atoms with Crippen molar-refractivity contribution in [2.45, 2.75) is 399 Å². The summed E-state index contributed by atoms with van der Waals surface area (Å²) in [4.78, 5) is 59.0. The Hall–Kier alpha value is -4.57. The highest BCUT2D eigenvalue weighted by Gasteiger charge is 2.29. The van der Waals surface area contributed by atoms with Crippen LogP contribution in [0.25, 0.3) is 0 Å². The van der Waals surface area contributed by atoms with E-state index in [1.54, 1.807) is 0 Å². The van der Waals surface area contributed by atoms with Crippen molar-refractivity contribution < 1.29 is 75.8 Å². The van der Waals surface area contributed by atoms with Gasteiger partial charge in [0, 0.05) is 19.3 Å². The van der Waals surface area contributed by atoms with Crippen molar-refractivity contribution in [3.05, 3.63) is 146 Å². The Labute approximate surface area is 689 Å². The summed E-state index contributed by atoms with van der Waals surface area (Å²) >= 11 is 0. The summed E-state index contributed by atoms with van der Waals surface area (Å²) in [5.41, 5.74) is 0. The lowest BCUT2D eigenvalue weighted by Crippen LogP contribution is -2.30. The monoisotopic (exact) mass is 1620 g/mol. The van der Waals surface area contributed by atoms with Crippen LogP contribution in [0.1, 0.15) is 380 Å². The number of phosphoric acid groups is 2. The molecule has 0 amide bonds. The third-order valence-electron chi connectivity index (χ3n) is 19.0. The zero-order valence-electron chi connectivity index (χ0n) is 71.5. The van der Waals surface area contributed by atoms with E-state index in [0.29, 0.717) is 19.3 Å². The SMILES string of the molecule is CCCCC/C=C\C/C=C\C/C=C\C/C=C\CCCCCCCCCCCCCCCC(=O)OCC(O)COP(=O)(O)OCC(O)COP(=O)(O)OCC(COC(=O)CCCCCCCCCCC/C=C\C/C=C\C/C=C\C/C=C\CCCCC)OC(=O)CCCCCCCCC/C=C\C/C=C\C/C=C\C/C=C\CCCCC. The molecule has 5 unspecified atom stereocenters. The fourth-order valence-corrected chi connectivity index (χ4v) is 13.7. The van der Waals surface area contributed by atoms with Gasteiger partial charge in [-0.15, -0.1) is 0 Å². The number of unbranched alkanes of at least 4 members (excludes halogenated alkanes) is 38. The number of esters is 3. The third-order valence-corrected chi connectivity index (χ3v) is 20.9. The smallest absolute Gasteiger partial charge is 0.463 e. The van der Waals surface area contributed by atoms with Gasteiger partial charge >= 0.3 is 33.6 Å². The minimum Gasteiger partial charge on any atom is -0.463 e. The van der Waals surface area contributed by atoms with Crippen LogP contribution >= 0.6 is 15.6 Å². The number of phosphoric ester groups is 2. The van der Waals surface area contributed by atoms with Gasteiger partial charge < -0.3 is 34.2 Å². The Bertz CT molecular complexity index is 2630. The largest absolute Gasteiger partial charge is 0.472 e. The summed E-state index contributed by atoms with van der Waals surface area (Å²) < 4.78 is 61.4. The number of carbonyl (C=O) groups is 3. The molecule has 0 rings (SSSR count). The quantitative estimate of drug-likeness (QED) is 0.0146. The Kier molecular flexibility index (Phi) is 83.3. The highest BCUT2D eigenvalue weighted by molar-refractivity contribution is 7.47. The van der Waals surface area contributed by atoms with Crippen molar-refractivity contribution in [3.63, 3.8) is 0 Å². The molecule has 4 N–H and O–H groups in total. The van der Waals surface area contributed by atoms with Crippen LogP contribution in [-0.2, 0) is 55.8 Å². The van der Waals surface area contributed by atoms with Crippen LogP contribution in [0.4, 0.5) is 0 Å². The molecule has 0 aromatic rings. The molecular formula is C95H164O16P2. The molecule has 0 saturated heterocycles. The van der Waals surface area contributed by atoms with Gasteiger partial charge in [-0.2, -0.15) is 0 Å². The van der Waals surface area contributed by atoms with Gasteiger partial charge in [0.2, 0.25) is 0 Å². The van der Waals surface area contributed by atoms with Gasteiger partial charge in [0.25, 0.3) is 0 Å². The number of allylic oxidation sites excluding steroid dienone is 24. The van der Waals surface area contributed by atoms with E-state index in [1.807, 2.05) is 0 Å². The summed E-state index contributed by atoms with van der Waals surface area (Å²) in [6.45, 7) is 2.62. The molecule has 0 aliphatic heterocycles. The van der Waals surface area contributed by atoms with E-state index < -0.39 is 91.5 Å². The molecule has 0 fully saturated rings. The molecule has 113 heavy (non-hydrogen) atoms. The Morgan fingerprint density at radius 1 is 0.248 bits per heavy atom. The number of rotatable bonds is 85. The van der Waals surface area contributed by atoms with Crippen LogP contribution in [0.15, 0.2) is 146 Å². The molecule has 650 valence electrons. The zero-order chi connectivity index (χ0) is 82.2. The second-order valence-electron chi connectivity index (χ2n) is 30.0. The first-order chi connectivity index (χ1) is 55.2. The van der Waals surface area contributed by atoms with Crippen molar-refractivity contribution in [2.24, 2.45) is 0 Å². The Morgan fingerprint density at radius 3 is 0.699 bits per heavy atom. The molecule has 0 saturated carbocycles. The van der Waals surface area contributed by atoms with Crippen LogP contribution in [-0.4, -0.2) is 95.9 Å². The Morgan fingerprint density at radius 2 is 0.442 bits per heavy atom. The predicted molar refractivity (Wildman–Crippen MR) is 473 cm³/mol. The van der Waals surface area contributed by atoms with Gasteiger partial charge in [-0.05, 0) is 154 Å². The minimum atomic E-state index is -4.95. The number of hydrogen-bond acceptors (Lipinski definition) is 14. The number of aliphatic hydroxyl groups excluding tert-OH is 2. The second-order valence-corrected chi connectivity index (χ2v) is 32.9. The minimum absolute atomic E-state index is 0.0875. The van der Waals surface area contributed by atoms with E-state index in [2.05, 4.69) is 167 Å². The predicted octanol–water partition coefficient (Wildman–Crippen LogP) is 27.6. The van der Waals surface area contributed by atoms with E-state index in [1.165, 1.54) is 161 Å². The van der Waals surface area contributed by atoms with E-state index in [-0.39, 0.29) is 19.3 Å². The fraction of sp³-hybridized carbons (Fsp3) is 0.716. The second kappa shape index (κ2) is 86.8. The van der Waals surface area contributed by atoms with Crippen LogP contribution < -0.4 is 0 Å². The van der Waals surface area contributed by atoms with Gasteiger partial charge in [-0.3, -0.25) is 32.5 Å². The average Bonchev–Trinajstić information content (AvgIpc) is 0.899. The summed E-state index contributed by atoms with van der Waals surface area (Å²) in [5.74, 6) is -1.59. The fourth-order valence-electron chi connectivity index (χ4n) is 12.1. The number of hydrogen-bond donors (Lipinski definition) is 4. The maximum atomic E-state index is 13.1. The molecule has 18 heteroatoms. The van der Waals surface area contributed by atoms with Crippen LogP contribution in [0.3, 0.4) is 0 Å². The number of ether oxygens (including phenoxy) is 3. The van der Waals surface area contributed by atoms with Crippen LogP contribution in [0, 0.1) is 0 Å². The summed E-state index contributed by atoms with van der Waals surface area (Å²) in [6.07, 6.45) is 109. The summed E-state index contributed by atoms with van der Waals surface area (Å²) in [6, 6.07) is 0. The van der Waals surface area contributed by atoms with Crippen LogP contribution in [0.2, 0.25) is 0 Å². The average molecular weight is 1620 g/mol. The van der Waals surface area contributed by atoms with Gasteiger partial charge in [0.15, 0.2) is 6.10 Å². The summed E-state index contributed by atoms with van der Waals surface area (Å²) in [5, 5.41) is 20.7. The molecule has 0 aromatic carbocycles. The lowest BCUT2D eigenvalue weighted by atomic mass is 10.0. The zero-order valence-corrected chi connectivity index (χ0v) is 73.3. The van der Waals surface area contributed by atoms with Crippen molar-refractivity contribution in [1.29, 1.82) is 0 Å². The van der Waals surface area contributed by atoms with Crippen molar-refractivity contribution in [2.75, 3.05) is 39.6 Å².